The van der Waals surface area contributed by atoms with E-state index in [-0.39, 0.29) is 6.04 Å². The lowest BCUT2D eigenvalue weighted by Crippen LogP contribution is -2.28. The fraction of sp³-hybridized carbons (Fsp3) is 0.417. The minimum Gasteiger partial charge on any atom is -0.275 e. The van der Waals surface area contributed by atoms with Crippen LogP contribution in [-0.2, 0) is 13.5 Å². The van der Waals surface area contributed by atoms with Crippen LogP contribution in [0.5, 0.6) is 0 Å². The number of thiophene rings is 1. The molecule has 3 N–H and O–H groups in total. The molecule has 17 heavy (non-hydrogen) atoms. The summed E-state index contributed by atoms with van der Waals surface area (Å²) in [4.78, 5) is 1.40. The summed E-state index contributed by atoms with van der Waals surface area (Å²) in [5.41, 5.74) is 5.12. The Hall–Kier alpha value is -1.17. The molecule has 0 spiro atoms. The van der Waals surface area contributed by atoms with E-state index in [1.165, 1.54) is 10.4 Å². The summed E-state index contributed by atoms with van der Waals surface area (Å²) in [6.07, 6.45) is 4.07. The minimum absolute atomic E-state index is 0.172. The first-order valence-corrected chi connectivity index (χ1v) is 6.57. The van der Waals surface area contributed by atoms with Crippen LogP contribution in [0.25, 0.3) is 0 Å². The largest absolute Gasteiger partial charge is 0.275 e. The second-order valence-electron chi connectivity index (χ2n) is 4.18. The Morgan fingerprint density at radius 3 is 2.94 bits per heavy atom. The predicted octanol–water partition coefficient (Wildman–Crippen LogP) is 1.93. The molecule has 0 aliphatic carbocycles. The van der Waals surface area contributed by atoms with Crippen LogP contribution in [0.15, 0.2) is 23.7 Å². The topological polar surface area (TPSA) is 55.9 Å². The highest BCUT2D eigenvalue weighted by Crippen LogP contribution is 2.22. The molecule has 0 aliphatic heterocycles. The summed E-state index contributed by atoms with van der Waals surface area (Å²) >= 11 is 1.79. The number of nitrogens with zero attached hydrogens (tertiary/aromatic N) is 2. The monoisotopic (exact) mass is 250 g/mol. The van der Waals surface area contributed by atoms with Crippen molar-refractivity contribution in [3.63, 3.8) is 0 Å². The number of nitrogens with one attached hydrogen (secondary N) is 1. The van der Waals surface area contributed by atoms with Crippen molar-refractivity contribution in [1.29, 1.82) is 0 Å². The van der Waals surface area contributed by atoms with Crippen LogP contribution in [0.3, 0.4) is 0 Å². The zero-order valence-electron chi connectivity index (χ0n) is 10.2. The van der Waals surface area contributed by atoms with E-state index in [2.05, 4.69) is 28.0 Å². The summed E-state index contributed by atoms with van der Waals surface area (Å²) in [5, 5.41) is 6.46. The van der Waals surface area contributed by atoms with Crippen LogP contribution in [-0.4, -0.2) is 9.78 Å². The zero-order valence-corrected chi connectivity index (χ0v) is 11.0. The molecule has 0 bridgehead atoms. The molecule has 92 valence electrons. The number of nitrogens with two attached hydrogens (primary N) is 1. The Kier molecular flexibility index (Phi) is 3.93. The third-order valence-corrected chi connectivity index (χ3v) is 3.82. The molecule has 2 aromatic heterocycles. The maximum Gasteiger partial charge on any atom is 0.0641 e. The average molecular weight is 250 g/mol. The lowest BCUT2D eigenvalue weighted by Gasteiger charge is -2.14. The van der Waals surface area contributed by atoms with E-state index in [4.69, 9.17) is 5.84 Å². The summed E-state index contributed by atoms with van der Waals surface area (Å²) in [5.74, 6) is 5.64. The number of aryl methyl sites for hydroxylation is 3. The van der Waals surface area contributed by atoms with Gasteiger partial charge in [-0.3, -0.25) is 16.0 Å². The molecule has 0 aromatic carbocycles. The third kappa shape index (κ3) is 2.94. The van der Waals surface area contributed by atoms with Gasteiger partial charge in [0, 0.05) is 29.7 Å². The van der Waals surface area contributed by atoms with Crippen LogP contribution in [0.1, 0.15) is 28.6 Å². The van der Waals surface area contributed by atoms with Gasteiger partial charge in [-0.05, 0) is 31.2 Å². The van der Waals surface area contributed by atoms with Gasteiger partial charge in [0.1, 0.15) is 0 Å². The third-order valence-electron chi connectivity index (χ3n) is 2.89. The highest BCUT2D eigenvalue weighted by atomic mass is 32.1. The molecule has 0 amide bonds. The second kappa shape index (κ2) is 5.44. The van der Waals surface area contributed by atoms with E-state index < -0.39 is 0 Å². The van der Waals surface area contributed by atoms with Crippen LogP contribution in [0.4, 0.5) is 0 Å². The van der Waals surface area contributed by atoms with Gasteiger partial charge in [-0.1, -0.05) is 6.07 Å². The standard InChI is InChI=1S/C12H18N4S/c1-9-11(8-16(2)15-9)12(14-13)6-5-10-4-3-7-17-10/h3-4,7-8,12,14H,5-6,13H2,1-2H3. The predicted molar refractivity (Wildman–Crippen MR) is 70.6 cm³/mol. The van der Waals surface area contributed by atoms with Gasteiger partial charge >= 0.3 is 0 Å². The summed E-state index contributed by atoms with van der Waals surface area (Å²) in [7, 11) is 1.93. The first kappa shape index (κ1) is 12.3. The van der Waals surface area contributed by atoms with Gasteiger partial charge in [0.05, 0.1) is 5.69 Å². The van der Waals surface area contributed by atoms with Crippen molar-refractivity contribution < 1.29 is 0 Å². The number of aromatic nitrogens is 2. The van der Waals surface area contributed by atoms with Gasteiger partial charge in [-0.25, -0.2) is 0 Å². The van der Waals surface area contributed by atoms with Gasteiger partial charge in [0.15, 0.2) is 0 Å². The van der Waals surface area contributed by atoms with E-state index in [0.29, 0.717) is 0 Å². The Bertz CT molecular complexity index is 461. The minimum atomic E-state index is 0.172. The number of hydrogen-bond donors (Lipinski definition) is 2. The zero-order chi connectivity index (χ0) is 12.3. The Morgan fingerprint density at radius 1 is 1.59 bits per heavy atom. The molecule has 1 unspecified atom stereocenters. The quantitative estimate of drug-likeness (QED) is 0.630. The van der Waals surface area contributed by atoms with Crippen molar-refractivity contribution in [1.82, 2.24) is 15.2 Å². The van der Waals surface area contributed by atoms with Crippen molar-refractivity contribution in [2.45, 2.75) is 25.8 Å². The molecule has 0 aliphatic rings. The Balaban J connectivity index is 2.04. The van der Waals surface area contributed by atoms with Crippen LogP contribution < -0.4 is 11.3 Å². The highest BCUT2D eigenvalue weighted by molar-refractivity contribution is 7.09. The van der Waals surface area contributed by atoms with E-state index in [9.17, 15) is 0 Å². The molecule has 0 radical (unpaired) electrons. The maximum absolute atomic E-state index is 5.64. The van der Waals surface area contributed by atoms with E-state index in [1.54, 1.807) is 11.3 Å². The van der Waals surface area contributed by atoms with E-state index >= 15 is 0 Å². The Morgan fingerprint density at radius 2 is 2.41 bits per heavy atom. The molecule has 2 heterocycles. The second-order valence-corrected chi connectivity index (χ2v) is 5.21. The van der Waals surface area contributed by atoms with E-state index in [0.717, 1.165) is 18.5 Å². The molecular formula is C12H18N4S. The van der Waals surface area contributed by atoms with E-state index in [1.807, 2.05) is 24.9 Å². The van der Waals surface area contributed by atoms with Crippen molar-refractivity contribution in [3.8, 4) is 0 Å². The van der Waals surface area contributed by atoms with Crippen molar-refractivity contribution in [2.75, 3.05) is 0 Å². The number of hydrazine groups is 1. The van der Waals surface area contributed by atoms with Crippen molar-refractivity contribution in [3.05, 3.63) is 39.8 Å². The van der Waals surface area contributed by atoms with Gasteiger partial charge in [-0.15, -0.1) is 11.3 Å². The number of rotatable bonds is 5. The molecule has 2 aromatic rings. The van der Waals surface area contributed by atoms with Crippen molar-refractivity contribution >= 4 is 11.3 Å². The lowest BCUT2D eigenvalue weighted by molar-refractivity contribution is 0.515. The normalized spacial score (nSPS) is 12.9. The molecule has 2 rings (SSSR count). The summed E-state index contributed by atoms with van der Waals surface area (Å²) in [6, 6.07) is 4.42. The Labute approximate surface area is 105 Å². The van der Waals surface area contributed by atoms with Gasteiger partial charge in [-0.2, -0.15) is 5.10 Å². The maximum atomic E-state index is 5.64. The van der Waals surface area contributed by atoms with Crippen LogP contribution in [0, 0.1) is 6.92 Å². The van der Waals surface area contributed by atoms with Gasteiger partial charge < -0.3 is 0 Å². The van der Waals surface area contributed by atoms with Gasteiger partial charge in [0.25, 0.3) is 0 Å². The first-order chi connectivity index (χ1) is 8.20. The number of hydrogen-bond acceptors (Lipinski definition) is 4. The molecule has 4 nitrogen and oxygen atoms in total. The van der Waals surface area contributed by atoms with Gasteiger partial charge in [0.2, 0.25) is 0 Å². The summed E-state index contributed by atoms with van der Waals surface area (Å²) < 4.78 is 1.83. The summed E-state index contributed by atoms with van der Waals surface area (Å²) in [6.45, 7) is 2.02. The molecule has 1 atom stereocenters. The molecule has 5 heteroatoms. The fourth-order valence-corrected chi connectivity index (χ4v) is 2.75. The smallest absolute Gasteiger partial charge is 0.0641 e. The first-order valence-electron chi connectivity index (χ1n) is 5.69. The molecule has 0 fully saturated rings. The molecule has 0 saturated carbocycles. The SMILES string of the molecule is Cc1nn(C)cc1C(CCc1cccs1)NN. The molecular weight excluding hydrogens is 232 g/mol. The lowest BCUT2D eigenvalue weighted by atomic mass is 10.0. The fourth-order valence-electron chi connectivity index (χ4n) is 2.03. The van der Waals surface area contributed by atoms with Crippen LogP contribution >= 0.6 is 11.3 Å². The van der Waals surface area contributed by atoms with Crippen LogP contribution in [0.2, 0.25) is 0 Å². The highest BCUT2D eigenvalue weighted by Gasteiger charge is 2.15. The average Bonchev–Trinajstić information content (AvgIpc) is 2.90. The van der Waals surface area contributed by atoms with Crippen molar-refractivity contribution in [2.24, 2.45) is 12.9 Å². The molecule has 0 saturated heterocycles.